The zero-order chi connectivity index (χ0) is 19.0. The first-order valence-electron chi connectivity index (χ1n) is 9.59. The molecule has 1 aliphatic carbocycles. The molecule has 27 heavy (non-hydrogen) atoms. The zero-order valence-corrected chi connectivity index (χ0v) is 16.2. The van der Waals surface area contributed by atoms with Gasteiger partial charge in [0.2, 0.25) is 0 Å². The Kier molecular flexibility index (Phi) is 4.97. The third-order valence-electron chi connectivity index (χ3n) is 5.82. The van der Waals surface area contributed by atoms with Crippen LogP contribution in [0.15, 0.2) is 24.0 Å². The summed E-state index contributed by atoms with van der Waals surface area (Å²) in [5, 5.41) is 3.47. The lowest BCUT2D eigenvalue weighted by Gasteiger charge is -2.44. The number of epoxide rings is 1. The highest BCUT2D eigenvalue weighted by Crippen LogP contribution is 2.43. The van der Waals surface area contributed by atoms with Gasteiger partial charge in [-0.3, -0.25) is 5.32 Å². The van der Waals surface area contributed by atoms with E-state index in [1.165, 1.54) is 0 Å². The fraction of sp³-hybridized carbons (Fsp3) is 0.571. The Morgan fingerprint density at radius 1 is 1.26 bits per heavy atom. The lowest BCUT2D eigenvalue weighted by atomic mass is 9.77. The number of nitrogens with one attached hydrogen (secondary N) is 1. The third-order valence-corrected chi connectivity index (χ3v) is 5.82. The number of ether oxygens (including phenoxy) is 4. The number of methoxy groups -OCH3 is 1. The number of hydrogen-bond acceptors (Lipinski definition) is 6. The second kappa shape index (κ2) is 7.26. The summed E-state index contributed by atoms with van der Waals surface area (Å²) in [7, 11) is 1.75. The van der Waals surface area contributed by atoms with Crippen molar-refractivity contribution in [1.29, 1.82) is 0 Å². The molecule has 3 aliphatic rings. The van der Waals surface area contributed by atoms with Crippen LogP contribution in [-0.2, 0) is 23.7 Å². The number of aryl methyl sites for hydroxylation is 2. The quantitative estimate of drug-likeness (QED) is 0.647. The standard InChI is InChI=1S/C21H27NO5/c1-13-4-5-14(2)16(10-13)18-19(27-20(23)17-11-25-17)21(22-12-26-18)8-6-15(24-3)7-9-21/h4-5,10,15,17,22H,6-9,11-12H2,1-3H3. The van der Waals surface area contributed by atoms with Gasteiger partial charge < -0.3 is 18.9 Å². The maximum absolute atomic E-state index is 12.5. The average molecular weight is 373 g/mol. The van der Waals surface area contributed by atoms with Crippen LogP contribution in [0.3, 0.4) is 0 Å². The number of rotatable bonds is 4. The van der Waals surface area contributed by atoms with Crippen molar-refractivity contribution >= 4 is 11.7 Å². The number of hydrogen-bond donors (Lipinski definition) is 1. The van der Waals surface area contributed by atoms with Crippen molar-refractivity contribution in [2.24, 2.45) is 0 Å². The van der Waals surface area contributed by atoms with Crippen LogP contribution in [0.2, 0.25) is 0 Å². The fourth-order valence-corrected chi connectivity index (χ4v) is 4.01. The summed E-state index contributed by atoms with van der Waals surface area (Å²) in [5.41, 5.74) is 2.79. The van der Waals surface area contributed by atoms with Crippen LogP contribution in [-0.4, -0.2) is 44.2 Å². The summed E-state index contributed by atoms with van der Waals surface area (Å²) in [4.78, 5) is 12.5. The highest BCUT2D eigenvalue weighted by atomic mass is 16.6. The Bertz CT molecular complexity index is 760. The molecule has 4 rings (SSSR count). The maximum atomic E-state index is 12.5. The van der Waals surface area contributed by atoms with E-state index in [0.717, 1.165) is 42.4 Å². The molecule has 2 heterocycles. The van der Waals surface area contributed by atoms with E-state index < -0.39 is 11.6 Å². The molecule has 1 aromatic carbocycles. The van der Waals surface area contributed by atoms with E-state index in [1.54, 1.807) is 7.11 Å². The molecule has 0 aromatic heterocycles. The van der Waals surface area contributed by atoms with Gasteiger partial charge in [0.15, 0.2) is 17.6 Å². The minimum absolute atomic E-state index is 0.244. The second-order valence-corrected chi connectivity index (χ2v) is 7.70. The molecule has 1 aromatic rings. The van der Waals surface area contributed by atoms with Crippen LogP contribution >= 0.6 is 0 Å². The van der Waals surface area contributed by atoms with Gasteiger partial charge in [0.25, 0.3) is 0 Å². The van der Waals surface area contributed by atoms with Gasteiger partial charge in [-0.1, -0.05) is 17.7 Å². The van der Waals surface area contributed by atoms with E-state index >= 15 is 0 Å². The second-order valence-electron chi connectivity index (χ2n) is 7.70. The van der Waals surface area contributed by atoms with E-state index in [-0.39, 0.29) is 12.1 Å². The lowest BCUT2D eigenvalue weighted by Crippen LogP contribution is -2.54. The molecule has 1 saturated heterocycles. The molecular formula is C21H27NO5. The first-order chi connectivity index (χ1) is 13.0. The van der Waals surface area contributed by atoms with Gasteiger partial charge in [0, 0.05) is 12.7 Å². The van der Waals surface area contributed by atoms with Gasteiger partial charge in [-0.2, -0.15) is 0 Å². The highest BCUT2D eigenvalue weighted by molar-refractivity contribution is 5.80. The van der Waals surface area contributed by atoms with Crippen molar-refractivity contribution in [3.8, 4) is 0 Å². The van der Waals surface area contributed by atoms with Gasteiger partial charge in [-0.05, 0) is 51.2 Å². The maximum Gasteiger partial charge on any atom is 0.342 e. The molecule has 2 aliphatic heterocycles. The monoisotopic (exact) mass is 373 g/mol. The molecule has 6 heteroatoms. The minimum atomic E-state index is -0.452. The summed E-state index contributed by atoms with van der Waals surface area (Å²) in [6.45, 7) is 4.91. The van der Waals surface area contributed by atoms with E-state index in [1.807, 2.05) is 13.8 Å². The lowest BCUT2D eigenvalue weighted by molar-refractivity contribution is -0.143. The van der Waals surface area contributed by atoms with Crippen LogP contribution in [0.1, 0.15) is 42.4 Å². The molecule has 0 bridgehead atoms. The van der Waals surface area contributed by atoms with Gasteiger partial charge in [-0.25, -0.2) is 4.79 Å². The summed E-state index contributed by atoms with van der Waals surface area (Å²) in [6, 6.07) is 6.23. The van der Waals surface area contributed by atoms with Crippen molar-refractivity contribution in [3.05, 3.63) is 40.6 Å². The van der Waals surface area contributed by atoms with Crippen molar-refractivity contribution < 1.29 is 23.7 Å². The Hall–Kier alpha value is -1.89. The SMILES string of the molecule is COC1CCC2(CC1)NCOC(c1cc(C)ccc1C)=C2OC(=O)C1CO1. The molecule has 1 saturated carbocycles. The summed E-state index contributed by atoms with van der Waals surface area (Å²) < 4.78 is 22.6. The van der Waals surface area contributed by atoms with Crippen LogP contribution < -0.4 is 5.32 Å². The first-order valence-corrected chi connectivity index (χ1v) is 9.59. The average Bonchev–Trinajstić information content (AvgIpc) is 3.51. The predicted octanol–water partition coefficient (Wildman–Crippen LogP) is 2.82. The van der Waals surface area contributed by atoms with Crippen LogP contribution in [0, 0.1) is 13.8 Å². The van der Waals surface area contributed by atoms with E-state index in [0.29, 0.717) is 24.9 Å². The third kappa shape index (κ3) is 3.61. The zero-order valence-electron chi connectivity index (χ0n) is 16.2. The highest BCUT2D eigenvalue weighted by Gasteiger charge is 2.47. The Morgan fingerprint density at radius 3 is 2.67 bits per heavy atom. The van der Waals surface area contributed by atoms with Crippen LogP contribution in [0.5, 0.6) is 0 Å². The molecule has 1 spiro atoms. The van der Waals surface area contributed by atoms with E-state index in [9.17, 15) is 4.79 Å². The van der Waals surface area contributed by atoms with Crippen LogP contribution in [0.25, 0.3) is 5.76 Å². The van der Waals surface area contributed by atoms with Gasteiger partial charge in [-0.15, -0.1) is 0 Å². The van der Waals surface area contributed by atoms with Crippen molar-refractivity contribution in [1.82, 2.24) is 5.32 Å². The van der Waals surface area contributed by atoms with Gasteiger partial charge >= 0.3 is 5.97 Å². The molecule has 1 atom stereocenters. The molecule has 6 nitrogen and oxygen atoms in total. The van der Waals surface area contributed by atoms with Crippen molar-refractivity contribution in [2.75, 3.05) is 20.4 Å². The fourth-order valence-electron chi connectivity index (χ4n) is 4.01. The smallest absolute Gasteiger partial charge is 0.342 e. The predicted molar refractivity (Wildman–Crippen MR) is 99.8 cm³/mol. The van der Waals surface area contributed by atoms with Gasteiger partial charge in [0.1, 0.15) is 6.73 Å². The Morgan fingerprint density at radius 2 is 2.00 bits per heavy atom. The molecule has 0 amide bonds. The Balaban J connectivity index is 1.76. The molecule has 146 valence electrons. The Labute approximate surface area is 159 Å². The normalized spacial score (nSPS) is 30.2. The molecule has 2 fully saturated rings. The summed E-state index contributed by atoms with van der Waals surface area (Å²) in [5.74, 6) is 0.922. The summed E-state index contributed by atoms with van der Waals surface area (Å²) >= 11 is 0. The largest absolute Gasteiger partial charge is 0.474 e. The molecule has 1 N–H and O–H groups in total. The molecule has 1 unspecified atom stereocenters. The minimum Gasteiger partial charge on any atom is -0.474 e. The number of benzene rings is 1. The molecule has 0 radical (unpaired) electrons. The van der Waals surface area contributed by atoms with Gasteiger partial charge in [0.05, 0.1) is 18.2 Å². The molecular weight excluding hydrogens is 346 g/mol. The van der Waals surface area contributed by atoms with Crippen molar-refractivity contribution in [3.63, 3.8) is 0 Å². The van der Waals surface area contributed by atoms with E-state index in [4.69, 9.17) is 18.9 Å². The number of carbonyl (C=O) groups is 1. The van der Waals surface area contributed by atoms with E-state index in [2.05, 4.69) is 23.5 Å². The number of esters is 1. The summed E-state index contributed by atoms with van der Waals surface area (Å²) in [6.07, 6.45) is 3.27. The number of carbonyl (C=O) groups excluding carboxylic acids is 1. The van der Waals surface area contributed by atoms with Crippen molar-refractivity contribution in [2.45, 2.75) is 57.3 Å². The first kappa shape index (κ1) is 18.5. The van der Waals surface area contributed by atoms with Crippen LogP contribution in [0.4, 0.5) is 0 Å². The topological polar surface area (TPSA) is 69.3 Å².